The highest BCUT2D eigenvalue weighted by Crippen LogP contribution is 2.55. The number of ether oxygens (including phenoxy) is 2. The molecule has 1 aliphatic carbocycles. The fourth-order valence-corrected chi connectivity index (χ4v) is 4.66. The molecule has 0 spiro atoms. The number of nitrogens with zero attached hydrogens (tertiary/aromatic N) is 1. The normalized spacial score (nSPS) is 26.7. The number of rotatable bonds is 4. The van der Waals surface area contributed by atoms with Crippen molar-refractivity contribution in [1.29, 1.82) is 0 Å². The summed E-state index contributed by atoms with van der Waals surface area (Å²) >= 11 is 0. The summed E-state index contributed by atoms with van der Waals surface area (Å²) in [5.41, 5.74) is 4.05. The molecular weight excluding hydrogens is 286 g/mol. The fourth-order valence-electron chi connectivity index (χ4n) is 4.66. The zero-order valence-corrected chi connectivity index (χ0v) is 14.0. The maximum Gasteiger partial charge on any atom is 0.194 e. The van der Waals surface area contributed by atoms with Crippen molar-refractivity contribution < 1.29 is 14.0 Å². The molecule has 2 bridgehead atoms. The largest absolute Gasteiger partial charge is 0.348 e. The van der Waals surface area contributed by atoms with E-state index in [-0.39, 0.29) is 17.9 Å². The van der Waals surface area contributed by atoms with Gasteiger partial charge in [0.15, 0.2) is 23.7 Å². The van der Waals surface area contributed by atoms with E-state index < -0.39 is 5.79 Å². The highest BCUT2D eigenvalue weighted by Gasteiger charge is 2.64. The molecule has 1 aromatic carbocycles. The summed E-state index contributed by atoms with van der Waals surface area (Å²) in [6, 6.07) is 15.5. The predicted octanol–water partition coefficient (Wildman–Crippen LogP) is 3.43. The van der Waals surface area contributed by atoms with Gasteiger partial charge in [-0.2, -0.15) is 4.57 Å². The van der Waals surface area contributed by atoms with E-state index in [4.69, 9.17) is 9.47 Å². The highest BCUT2D eigenvalue weighted by molar-refractivity contribution is 5.44. The Hall–Kier alpha value is -1.71. The second kappa shape index (κ2) is 5.43. The molecule has 2 aliphatic heterocycles. The molecule has 0 fully saturated rings. The lowest BCUT2D eigenvalue weighted by molar-refractivity contribution is -0.746. The third kappa shape index (κ3) is 1.87. The van der Waals surface area contributed by atoms with Crippen LogP contribution in [0.2, 0.25) is 0 Å². The molecule has 3 nitrogen and oxygen atoms in total. The van der Waals surface area contributed by atoms with Gasteiger partial charge < -0.3 is 9.47 Å². The molecule has 1 aromatic heterocycles. The zero-order chi connectivity index (χ0) is 16.0. The van der Waals surface area contributed by atoms with Crippen molar-refractivity contribution in [2.45, 2.75) is 38.5 Å². The first-order valence-corrected chi connectivity index (χ1v) is 8.61. The van der Waals surface area contributed by atoms with E-state index >= 15 is 0 Å². The molecule has 120 valence electrons. The Balaban J connectivity index is 2.01. The number of aromatic nitrogens is 1. The molecule has 5 rings (SSSR count). The SMILES string of the molecule is CCOC1(OCC)C2c3ccccc3C(C1C)[n+]1ccccc12. The van der Waals surface area contributed by atoms with Crippen LogP contribution in [0.5, 0.6) is 0 Å². The van der Waals surface area contributed by atoms with Gasteiger partial charge in [0.25, 0.3) is 0 Å². The number of hydrogen-bond acceptors (Lipinski definition) is 2. The maximum atomic E-state index is 6.34. The van der Waals surface area contributed by atoms with Crippen molar-refractivity contribution in [3.8, 4) is 0 Å². The van der Waals surface area contributed by atoms with Crippen LogP contribution < -0.4 is 4.57 Å². The standard InChI is InChI=1S/C20H24NO2/c1-4-22-20(23-5-2)14(3)19-16-11-7-6-10-15(16)18(20)17-12-8-9-13-21(17)19/h6-14,18-19H,4-5H2,1-3H3/q+1. The topological polar surface area (TPSA) is 22.3 Å². The third-order valence-corrected chi connectivity index (χ3v) is 5.39. The predicted molar refractivity (Wildman–Crippen MR) is 88.2 cm³/mol. The summed E-state index contributed by atoms with van der Waals surface area (Å²) in [5, 5.41) is 0. The molecule has 0 radical (unpaired) electrons. The van der Waals surface area contributed by atoms with E-state index in [1.54, 1.807) is 0 Å². The molecule has 3 aliphatic rings. The minimum atomic E-state index is -0.579. The third-order valence-electron chi connectivity index (χ3n) is 5.39. The van der Waals surface area contributed by atoms with Crippen LogP contribution in [-0.2, 0) is 9.47 Å². The smallest absolute Gasteiger partial charge is 0.194 e. The molecular formula is C20H24NO2+. The average Bonchev–Trinajstić information content (AvgIpc) is 2.58. The molecule has 3 heterocycles. The molecule has 3 atom stereocenters. The van der Waals surface area contributed by atoms with Gasteiger partial charge >= 0.3 is 0 Å². The van der Waals surface area contributed by atoms with Gasteiger partial charge in [-0.1, -0.05) is 37.3 Å². The van der Waals surface area contributed by atoms with Gasteiger partial charge in [0, 0.05) is 30.9 Å². The first-order valence-electron chi connectivity index (χ1n) is 8.61. The second-order valence-corrected chi connectivity index (χ2v) is 6.42. The first kappa shape index (κ1) is 14.9. The van der Waals surface area contributed by atoms with Crippen molar-refractivity contribution in [3.05, 3.63) is 65.5 Å². The Morgan fingerprint density at radius 3 is 2.30 bits per heavy atom. The van der Waals surface area contributed by atoms with Crippen LogP contribution in [0.15, 0.2) is 48.7 Å². The quantitative estimate of drug-likeness (QED) is 0.638. The Labute approximate surface area is 137 Å². The van der Waals surface area contributed by atoms with E-state index in [0.717, 1.165) is 0 Å². The number of fused-ring (bicyclic) bond motifs is 1. The van der Waals surface area contributed by atoms with Gasteiger partial charge in [0.05, 0.1) is 5.92 Å². The van der Waals surface area contributed by atoms with E-state index in [1.807, 2.05) is 0 Å². The Morgan fingerprint density at radius 2 is 1.61 bits per heavy atom. The summed E-state index contributed by atoms with van der Waals surface area (Å²) < 4.78 is 15.1. The summed E-state index contributed by atoms with van der Waals surface area (Å²) in [4.78, 5) is 0. The lowest BCUT2D eigenvalue weighted by atomic mass is 9.65. The molecule has 0 saturated heterocycles. The minimum Gasteiger partial charge on any atom is -0.348 e. The van der Waals surface area contributed by atoms with Crippen molar-refractivity contribution in [2.24, 2.45) is 5.92 Å². The van der Waals surface area contributed by atoms with Crippen LogP contribution in [0.25, 0.3) is 0 Å². The van der Waals surface area contributed by atoms with E-state index in [0.29, 0.717) is 13.2 Å². The van der Waals surface area contributed by atoms with E-state index in [2.05, 4.69) is 74.0 Å². The molecule has 3 heteroatoms. The van der Waals surface area contributed by atoms with Crippen LogP contribution in [0.1, 0.15) is 49.6 Å². The van der Waals surface area contributed by atoms with Crippen LogP contribution >= 0.6 is 0 Å². The van der Waals surface area contributed by atoms with Gasteiger partial charge in [-0.05, 0) is 19.4 Å². The molecule has 2 aromatic rings. The van der Waals surface area contributed by atoms with Crippen molar-refractivity contribution in [1.82, 2.24) is 0 Å². The van der Waals surface area contributed by atoms with Crippen LogP contribution in [0, 0.1) is 5.92 Å². The number of benzene rings is 1. The highest BCUT2D eigenvalue weighted by atomic mass is 16.7. The fraction of sp³-hybridized carbons (Fsp3) is 0.450. The van der Waals surface area contributed by atoms with Gasteiger partial charge in [0.2, 0.25) is 0 Å². The van der Waals surface area contributed by atoms with Gasteiger partial charge in [-0.3, -0.25) is 0 Å². The summed E-state index contributed by atoms with van der Waals surface area (Å²) in [6.45, 7) is 7.69. The molecule has 3 unspecified atom stereocenters. The van der Waals surface area contributed by atoms with Gasteiger partial charge in [0.1, 0.15) is 5.92 Å². The minimum absolute atomic E-state index is 0.111. The monoisotopic (exact) mass is 310 g/mol. The van der Waals surface area contributed by atoms with Gasteiger partial charge in [-0.25, -0.2) is 0 Å². The van der Waals surface area contributed by atoms with Crippen LogP contribution in [0.3, 0.4) is 0 Å². The molecule has 0 saturated carbocycles. The zero-order valence-electron chi connectivity index (χ0n) is 14.0. The summed E-state index contributed by atoms with van der Waals surface area (Å²) in [7, 11) is 0. The maximum absolute atomic E-state index is 6.34. The van der Waals surface area contributed by atoms with Crippen LogP contribution in [0.4, 0.5) is 0 Å². The van der Waals surface area contributed by atoms with Crippen molar-refractivity contribution in [2.75, 3.05) is 13.2 Å². The van der Waals surface area contributed by atoms with E-state index in [1.165, 1.54) is 16.8 Å². The Bertz CT molecular complexity index is 674. The molecule has 0 amide bonds. The average molecular weight is 310 g/mol. The summed E-state index contributed by atoms with van der Waals surface area (Å²) in [6.07, 6.45) is 2.20. The number of pyridine rings is 1. The van der Waals surface area contributed by atoms with Crippen molar-refractivity contribution >= 4 is 0 Å². The van der Waals surface area contributed by atoms with Crippen molar-refractivity contribution in [3.63, 3.8) is 0 Å². The lowest BCUT2D eigenvalue weighted by Crippen LogP contribution is -2.67. The second-order valence-electron chi connectivity index (χ2n) is 6.42. The lowest BCUT2D eigenvalue weighted by Gasteiger charge is -2.51. The van der Waals surface area contributed by atoms with Gasteiger partial charge in [-0.15, -0.1) is 0 Å². The molecule has 0 N–H and O–H groups in total. The van der Waals surface area contributed by atoms with E-state index in [9.17, 15) is 0 Å². The number of hydrogen-bond donors (Lipinski definition) is 0. The summed E-state index contributed by atoms with van der Waals surface area (Å²) in [5.74, 6) is -0.217. The Morgan fingerprint density at radius 1 is 0.957 bits per heavy atom. The van der Waals surface area contributed by atoms with Crippen LogP contribution in [-0.4, -0.2) is 19.0 Å². The molecule has 23 heavy (non-hydrogen) atoms. The first-order chi connectivity index (χ1) is 11.2. The Kier molecular flexibility index (Phi) is 3.51.